The highest BCUT2D eigenvalue weighted by Gasteiger charge is 2.07. The van der Waals surface area contributed by atoms with E-state index in [4.69, 9.17) is 5.14 Å². The fraction of sp³-hybridized carbons (Fsp3) is 0. The second kappa shape index (κ2) is 4.75. The molecule has 2 aromatic rings. The van der Waals surface area contributed by atoms with E-state index in [2.05, 4.69) is 22.6 Å². The van der Waals surface area contributed by atoms with Crippen molar-refractivity contribution in [1.29, 1.82) is 0 Å². The average molecular weight is 359 g/mol. The summed E-state index contributed by atoms with van der Waals surface area (Å²) in [6.45, 7) is 0. The van der Waals surface area contributed by atoms with Gasteiger partial charge in [-0.15, -0.1) is 0 Å². The number of nitrogens with two attached hydrogens (primary N) is 1. The van der Waals surface area contributed by atoms with Crippen LogP contribution in [0.1, 0.15) is 0 Å². The van der Waals surface area contributed by atoms with Crippen molar-refractivity contribution in [3.05, 3.63) is 52.1 Å². The molecule has 0 heterocycles. The van der Waals surface area contributed by atoms with E-state index in [-0.39, 0.29) is 4.90 Å². The summed E-state index contributed by atoms with van der Waals surface area (Å²) < 4.78 is 23.4. The molecule has 0 aliphatic heterocycles. The monoisotopic (exact) mass is 359 g/mol. The summed E-state index contributed by atoms with van der Waals surface area (Å²) in [7, 11) is -3.61. The van der Waals surface area contributed by atoms with Crippen molar-refractivity contribution in [2.75, 3.05) is 0 Å². The molecule has 0 atom stereocenters. The quantitative estimate of drug-likeness (QED) is 0.838. The van der Waals surface area contributed by atoms with Crippen LogP contribution in [0, 0.1) is 3.57 Å². The zero-order chi connectivity index (χ0) is 12.5. The Kier molecular flexibility index (Phi) is 3.50. The Bertz CT molecular complexity index is 636. The van der Waals surface area contributed by atoms with Crippen LogP contribution in [0.15, 0.2) is 53.4 Å². The van der Waals surface area contributed by atoms with Gasteiger partial charge in [0.1, 0.15) is 0 Å². The van der Waals surface area contributed by atoms with Crippen molar-refractivity contribution >= 4 is 32.6 Å². The number of sulfonamides is 1. The predicted molar refractivity (Wildman–Crippen MR) is 76.0 cm³/mol. The summed E-state index contributed by atoms with van der Waals surface area (Å²) in [5, 5.41) is 5.04. The van der Waals surface area contributed by atoms with Crippen molar-refractivity contribution in [3.63, 3.8) is 0 Å². The first kappa shape index (κ1) is 12.5. The van der Waals surface area contributed by atoms with Crippen LogP contribution in [0.4, 0.5) is 0 Å². The third-order valence-electron chi connectivity index (χ3n) is 2.34. The SMILES string of the molecule is NS(=O)(=O)c1ccc(-c2cccc(I)c2)cc1. The summed E-state index contributed by atoms with van der Waals surface area (Å²) >= 11 is 2.24. The molecule has 0 radical (unpaired) electrons. The fourth-order valence-electron chi connectivity index (χ4n) is 1.51. The van der Waals surface area contributed by atoms with E-state index in [1.807, 2.05) is 24.3 Å². The van der Waals surface area contributed by atoms with Crippen LogP contribution >= 0.6 is 22.6 Å². The Balaban J connectivity index is 2.43. The zero-order valence-corrected chi connectivity index (χ0v) is 11.8. The van der Waals surface area contributed by atoms with Crippen molar-refractivity contribution in [1.82, 2.24) is 0 Å². The minimum Gasteiger partial charge on any atom is -0.225 e. The van der Waals surface area contributed by atoms with E-state index in [1.54, 1.807) is 12.1 Å². The van der Waals surface area contributed by atoms with Crippen LogP contribution in [-0.2, 0) is 10.0 Å². The van der Waals surface area contributed by atoms with Crippen LogP contribution in [0.3, 0.4) is 0 Å². The minimum absolute atomic E-state index is 0.131. The maximum Gasteiger partial charge on any atom is 0.238 e. The molecule has 0 saturated heterocycles. The van der Waals surface area contributed by atoms with Crippen molar-refractivity contribution in [2.24, 2.45) is 5.14 Å². The van der Waals surface area contributed by atoms with Gasteiger partial charge in [-0.25, -0.2) is 13.6 Å². The van der Waals surface area contributed by atoms with Gasteiger partial charge in [0.2, 0.25) is 10.0 Å². The van der Waals surface area contributed by atoms with Crippen LogP contribution < -0.4 is 5.14 Å². The summed E-state index contributed by atoms with van der Waals surface area (Å²) in [5.41, 5.74) is 2.02. The van der Waals surface area contributed by atoms with Gasteiger partial charge in [0, 0.05) is 3.57 Å². The van der Waals surface area contributed by atoms with Crippen molar-refractivity contribution in [3.8, 4) is 11.1 Å². The van der Waals surface area contributed by atoms with Gasteiger partial charge in [0.25, 0.3) is 0 Å². The fourth-order valence-corrected chi connectivity index (χ4v) is 2.56. The molecule has 0 unspecified atom stereocenters. The zero-order valence-electron chi connectivity index (χ0n) is 8.80. The topological polar surface area (TPSA) is 60.2 Å². The summed E-state index contributed by atoms with van der Waals surface area (Å²) in [6.07, 6.45) is 0. The lowest BCUT2D eigenvalue weighted by atomic mass is 10.1. The molecular formula is C12H10INO2S. The van der Waals surface area contributed by atoms with E-state index >= 15 is 0 Å². The number of halogens is 1. The molecular weight excluding hydrogens is 349 g/mol. The normalized spacial score (nSPS) is 11.4. The van der Waals surface area contributed by atoms with Gasteiger partial charge in [-0.2, -0.15) is 0 Å². The first-order chi connectivity index (χ1) is 7.97. The third-order valence-corrected chi connectivity index (χ3v) is 3.94. The molecule has 0 amide bonds. The Labute approximate surface area is 114 Å². The van der Waals surface area contributed by atoms with Crippen molar-refractivity contribution < 1.29 is 8.42 Å². The minimum atomic E-state index is -3.61. The number of hydrogen-bond acceptors (Lipinski definition) is 2. The average Bonchev–Trinajstić information content (AvgIpc) is 2.28. The van der Waals surface area contributed by atoms with Crippen LogP contribution in [0.2, 0.25) is 0 Å². The number of primary sulfonamides is 1. The van der Waals surface area contributed by atoms with E-state index in [0.29, 0.717) is 0 Å². The van der Waals surface area contributed by atoms with Gasteiger partial charge in [-0.1, -0.05) is 24.3 Å². The van der Waals surface area contributed by atoms with E-state index in [0.717, 1.165) is 14.7 Å². The molecule has 0 aromatic heterocycles. The van der Waals surface area contributed by atoms with E-state index < -0.39 is 10.0 Å². The summed E-state index contributed by atoms with van der Waals surface area (Å²) in [4.78, 5) is 0.131. The molecule has 0 spiro atoms. The molecule has 3 nitrogen and oxygen atoms in total. The molecule has 0 aliphatic carbocycles. The van der Waals surface area contributed by atoms with Crippen LogP contribution in [0.5, 0.6) is 0 Å². The lowest BCUT2D eigenvalue weighted by Crippen LogP contribution is -2.11. The van der Waals surface area contributed by atoms with Crippen LogP contribution in [0.25, 0.3) is 11.1 Å². The molecule has 0 fully saturated rings. The molecule has 0 saturated carbocycles. The molecule has 2 rings (SSSR count). The van der Waals surface area contributed by atoms with Crippen LogP contribution in [-0.4, -0.2) is 8.42 Å². The Morgan fingerprint density at radius 1 is 0.941 bits per heavy atom. The first-order valence-corrected chi connectivity index (χ1v) is 7.48. The highest BCUT2D eigenvalue weighted by molar-refractivity contribution is 14.1. The van der Waals surface area contributed by atoms with Crippen molar-refractivity contribution in [2.45, 2.75) is 4.90 Å². The molecule has 88 valence electrons. The number of hydrogen-bond donors (Lipinski definition) is 1. The van der Waals surface area contributed by atoms with E-state index in [9.17, 15) is 8.42 Å². The standard InChI is InChI=1S/C12H10INO2S/c13-11-3-1-2-10(8-11)9-4-6-12(7-5-9)17(14,15)16/h1-8H,(H2,14,15,16). The van der Waals surface area contributed by atoms with Gasteiger partial charge >= 0.3 is 0 Å². The summed E-state index contributed by atoms with van der Waals surface area (Å²) in [6, 6.07) is 14.5. The smallest absolute Gasteiger partial charge is 0.225 e. The lowest BCUT2D eigenvalue weighted by Gasteiger charge is -2.03. The Hall–Kier alpha value is -0.920. The largest absolute Gasteiger partial charge is 0.238 e. The predicted octanol–water partition coefficient (Wildman–Crippen LogP) is 2.61. The van der Waals surface area contributed by atoms with Gasteiger partial charge in [-0.3, -0.25) is 0 Å². The molecule has 5 heteroatoms. The number of benzene rings is 2. The summed E-state index contributed by atoms with van der Waals surface area (Å²) in [5.74, 6) is 0. The maximum atomic E-state index is 11.1. The molecule has 0 aliphatic rings. The van der Waals surface area contributed by atoms with Gasteiger partial charge < -0.3 is 0 Å². The number of rotatable bonds is 2. The molecule has 2 N–H and O–H groups in total. The van der Waals surface area contributed by atoms with Gasteiger partial charge in [0.05, 0.1) is 4.90 Å². The second-order valence-corrected chi connectivity index (χ2v) is 6.39. The third kappa shape index (κ3) is 3.05. The maximum absolute atomic E-state index is 11.1. The Morgan fingerprint density at radius 2 is 1.59 bits per heavy atom. The molecule has 0 bridgehead atoms. The molecule has 17 heavy (non-hydrogen) atoms. The van der Waals surface area contributed by atoms with Gasteiger partial charge in [0.15, 0.2) is 0 Å². The second-order valence-electron chi connectivity index (χ2n) is 3.58. The Morgan fingerprint density at radius 3 is 2.12 bits per heavy atom. The van der Waals surface area contributed by atoms with Gasteiger partial charge in [-0.05, 0) is 58.0 Å². The lowest BCUT2D eigenvalue weighted by molar-refractivity contribution is 0.598. The highest BCUT2D eigenvalue weighted by atomic mass is 127. The highest BCUT2D eigenvalue weighted by Crippen LogP contribution is 2.22. The first-order valence-electron chi connectivity index (χ1n) is 4.85. The molecule has 2 aromatic carbocycles. The van der Waals surface area contributed by atoms with E-state index in [1.165, 1.54) is 12.1 Å².